The molecule has 0 N–H and O–H groups in total. The molecule has 2 saturated heterocycles. The highest BCUT2D eigenvalue weighted by Crippen LogP contribution is 2.30. The molecular formula is C19H27N5O. The molecule has 2 aromatic heterocycles. The van der Waals surface area contributed by atoms with Gasteiger partial charge in [0.2, 0.25) is 0 Å². The van der Waals surface area contributed by atoms with Crippen molar-refractivity contribution >= 4 is 0 Å². The van der Waals surface area contributed by atoms with Crippen molar-refractivity contribution in [2.24, 2.45) is 7.05 Å². The van der Waals surface area contributed by atoms with Crippen LogP contribution in [0, 0.1) is 0 Å². The van der Waals surface area contributed by atoms with Crippen LogP contribution in [0.4, 0.5) is 0 Å². The number of likely N-dealkylation sites (tertiary alicyclic amines) is 1. The normalized spacial score (nSPS) is 25.5. The first-order valence-corrected chi connectivity index (χ1v) is 9.17. The largest absolute Gasteiger partial charge is 0.371 e. The Labute approximate surface area is 149 Å². The number of nitrogens with zero attached hydrogens (tertiary/aromatic N) is 5. The average Bonchev–Trinajstić information content (AvgIpc) is 3.01. The van der Waals surface area contributed by atoms with Crippen LogP contribution in [0.25, 0.3) is 0 Å². The Morgan fingerprint density at radius 3 is 2.80 bits per heavy atom. The minimum Gasteiger partial charge on any atom is -0.371 e. The van der Waals surface area contributed by atoms with Gasteiger partial charge in [-0.25, -0.2) is 0 Å². The lowest BCUT2D eigenvalue weighted by molar-refractivity contribution is -0.142. The van der Waals surface area contributed by atoms with Gasteiger partial charge in [0.05, 0.1) is 24.1 Å². The molecule has 1 atom stereocenters. The lowest BCUT2D eigenvalue weighted by Gasteiger charge is -2.48. The van der Waals surface area contributed by atoms with Crippen LogP contribution in [0.2, 0.25) is 0 Å². The second-order valence-electron chi connectivity index (χ2n) is 7.40. The molecule has 1 unspecified atom stereocenters. The Morgan fingerprint density at radius 2 is 2.04 bits per heavy atom. The van der Waals surface area contributed by atoms with Gasteiger partial charge in [-0.05, 0) is 31.5 Å². The third-order valence-electron chi connectivity index (χ3n) is 5.22. The fourth-order valence-electron chi connectivity index (χ4n) is 4.16. The summed E-state index contributed by atoms with van der Waals surface area (Å²) in [6.45, 7) is 6.81. The number of ether oxygens (including phenoxy) is 1. The van der Waals surface area contributed by atoms with Gasteiger partial charge in [0.25, 0.3) is 0 Å². The number of pyridine rings is 1. The Bertz CT molecular complexity index is 684. The van der Waals surface area contributed by atoms with Crippen molar-refractivity contribution in [2.75, 3.05) is 32.8 Å². The van der Waals surface area contributed by atoms with Gasteiger partial charge in [0, 0.05) is 57.7 Å². The minimum atomic E-state index is -0.0342. The summed E-state index contributed by atoms with van der Waals surface area (Å²) in [5.41, 5.74) is 2.39. The first-order chi connectivity index (χ1) is 12.2. The fourth-order valence-corrected chi connectivity index (χ4v) is 4.16. The van der Waals surface area contributed by atoms with Crippen LogP contribution in [0.15, 0.2) is 36.8 Å². The Kier molecular flexibility index (Phi) is 4.83. The second kappa shape index (κ2) is 7.23. The van der Waals surface area contributed by atoms with Gasteiger partial charge in [0.1, 0.15) is 0 Å². The molecule has 0 amide bonds. The van der Waals surface area contributed by atoms with Crippen molar-refractivity contribution in [1.82, 2.24) is 24.6 Å². The van der Waals surface area contributed by atoms with Gasteiger partial charge in [0.15, 0.2) is 0 Å². The molecule has 0 bridgehead atoms. The molecule has 2 fully saturated rings. The molecule has 0 aromatic carbocycles. The van der Waals surface area contributed by atoms with Crippen LogP contribution in [0.3, 0.4) is 0 Å². The summed E-state index contributed by atoms with van der Waals surface area (Å²) in [5.74, 6) is 0. The van der Waals surface area contributed by atoms with Crippen LogP contribution in [0.1, 0.15) is 24.1 Å². The lowest BCUT2D eigenvalue weighted by atomic mass is 9.90. The number of hydrogen-bond donors (Lipinski definition) is 0. The zero-order chi connectivity index (χ0) is 17.1. The Morgan fingerprint density at radius 1 is 1.16 bits per heavy atom. The number of aromatic nitrogens is 3. The van der Waals surface area contributed by atoms with E-state index in [0.717, 1.165) is 58.0 Å². The summed E-state index contributed by atoms with van der Waals surface area (Å²) >= 11 is 0. The summed E-state index contributed by atoms with van der Waals surface area (Å²) in [5, 5.41) is 4.29. The molecular weight excluding hydrogens is 314 g/mol. The van der Waals surface area contributed by atoms with E-state index in [9.17, 15) is 0 Å². The Hall–Kier alpha value is -1.76. The van der Waals surface area contributed by atoms with Crippen LogP contribution < -0.4 is 0 Å². The number of piperidine rings is 1. The molecule has 4 rings (SSSR count). The zero-order valence-corrected chi connectivity index (χ0v) is 15.0. The molecule has 2 aromatic rings. The molecule has 1 spiro atoms. The quantitative estimate of drug-likeness (QED) is 0.847. The highest BCUT2D eigenvalue weighted by Gasteiger charge is 2.40. The van der Waals surface area contributed by atoms with Crippen molar-refractivity contribution in [2.45, 2.75) is 31.5 Å². The average molecular weight is 341 g/mol. The van der Waals surface area contributed by atoms with Crippen LogP contribution in [0.5, 0.6) is 0 Å². The monoisotopic (exact) mass is 341 g/mol. The van der Waals surface area contributed by atoms with E-state index in [1.54, 1.807) is 0 Å². The Balaban J connectivity index is 1.39. The number of hydrogen-bond acceptors (Lipinski definition) is 5. The van der Waals surface area contributed by atoms with Gasteiger partial charge >= 0.3 is 0 Å². The highest BCUT2D eigenvalue weighted by atomic mass is 16.5. The second-order valence-corrected chi connectivity index (χ2v) is 7.40. The van der Waals surface area contributed by atoms with E-state index >= 15 is 0 Å². The molecule has 0 aliphatic carbocycles. The molecule has 2 aliphatic heterocycles. The summed E-state index contributed by atoms with van der Waals surface area (Å²) in [6.07, 6.45) is 8.29. The van der Waals surface area contributed by atoms with E-state index in [1.165, 1.54) is 12.0 Å². The maximum atomic E-state index is 6.32. The van der Waals surface area contributed by atoms with Gasteiger partial charge < -0.3 is 4.74 Å². The van der Waals surface area contributed by atoms with Gasteiger partial charge in [-0.3, -0.25) is 19.5 Å². The van der Waals surface area contributed by atoms with E-state index < -0.39 is 0 Å². The number of aryl methyl sites for hydroxylation is 1. The summed E-state index contributed by atoms with van der Waals surface area (Å²) in [6, 6.07) is 6.15. The number of morpholine rings is 1. The SMILES string of the molecule is Cn1cc(CN2CCOC3(CCCN(Cc4ccccn4)C3)C2)cn1. The van der Waals surface area contributed by atoms with Crippen molar-refractivity contribution in [1.29, 1.82) is 0 Å². The smallest absolute Gasteiger partial charge is 0.0936 e. The minimum absolute atomic E-state index is 0.0342. The van der Waals surface area contributed by atoms with E-state index in [0.29, 0.717) is 0 Å². The van der Waals surface area contributed by atoms with Crippen LogP contribution in [-0.4, -0.2) is 63.0 Å². The van der Waals surface area contributed by atoms with Crippen molar-refractivity contribution in [3.63, 3.8) is 0 Å². The number of rotatable bonds is 4. The van der Waals surface area contributed by atoms with E-state index in [1.807, 2.05) is 30.2 Å². The summed E-state index contributed by atoms with van der Waals surface area (Å²) < 4.78 is 8.20. The van der Waals surface area contributed by atoms with Crippen LogP contribution >= 0.6 is 0 Å². The molecule has 6 nitrogen and oxygen atoms in total. The van der Waals surface area contributed by atoms with Crippen LogP contribution in [-0.2, 0) is 24.9 Å². The fraction of sp³-hybridized carbons (Fsp3) is 0.579. The third kappa shape index (κ3) is 4.08. The first kappa shape index (κ1) is 16.7. The zero-order valence-electron chi connectivity index (χ0n) is 15.0. The molecule has 134 valence electrons. The summed E-state index contributed by atoms with van der Waals surface area (Å²) in [7, 11) is 1.97. The first-order valence-electron chi connectivity index (χ1n) is 9.17. The predicted octanol–water partition coefficient (Wildman–Crippen LogP) is 1.68. The molecule has 25 heavy (non-hydrogen) atoms. The molecule has 4 heterocycles. The topological polar surface area (TPSA) is 46.4 Å². The van der Waals surface area contributed by atoms with Crippen molar-refractivity contribution in [3.05, 3.63) is 48.0 Å². The van der Waals surface area contributed by atoms with Gasteiger partial charge in [-0.1, -0.05) is 6.07 Å². The molecule has 0 saturated carbocycles. The van der Waals surface area contributed by atoms with Crippen molar-refractivity contribution in [3.8, 4) is 0 Å². The third-order valence-corrected chi connectivity index (χ3v) is 5.22. The van der Waals surface area contributed by atoms with Gasteiger partial charge in [-0.2, -0.15) is 5.10 Å². The lowest BCUT2D eigenvalue weighted by Crippen LogP contribution is -2.59. The van der Waals surface area contributed by atoms with E-state index in [2.05, 4.69) is 38.2 Å². The van der Waals surface area contributed by atoms with E-state index in [-0.39, 0.29) is 5.60 Å². The molecule has 6 heteroatoms. The molecule has 0 radical (unpaired) electrons. The van der Waals surface area contributed by atoms with Gasteiger partial charge in [-0.15, -0.1) is 0 Å². The summed E-state index contributed by atoms with van der Waals surface area (Å²) in [4.78, 5) is 9.50. The molecule has 2 aliphatic rings. The predicted molar refractivity (Wildman–Crippen MR) is 95.9 cm³/mol. The maximum absolute atomic E-state index is 6.32. The standard InChI is InChI=1S/C19H27N5O/c1-22-12-17(11-21-22)13-24-9-10-25-19(16-24)6-4-8-23(15-19)14-18-5-2-3-7-20-18/h2-3,5,7,11-12H,4,6,8-10,13-16H2,1H3. The van der Waals surface area contributed by atoms with E-state index in [4.69, 9.17) is 4.74 Å². The maximum Gasteiger partial charge on any atom is 0.0936 e. The highest BCUT2D eigenvalue weighted by molar-refractivity contribution is 5.06. The van der Waals surface area contributed by atoms with Crippen molar-refractivity contribution < 1.29 is 4.74 Å².